The van der Waals surface area contributed by atoms with E-state index >= 15 is 0 Å². The Balaban J connectivity index is 1.73. The van der Waals surface area contributed by atoms with Crippen LogP contribution in [-0.2, 0) is 20.3 Å². The molecule has 0 spiro atoms. The Bertz CT molecular complexity index is 1290. The van der Waals surface area contributed by atoms with E-state index in [1.165, 1.54) is 0 Å². The van der Waals surface area contributed by atoms with Crippen LogP contribution in [0.2, 0.25) is 18.1 Å². The molecule has 1 saturated heterocycles. The summed E-state index contributed by atoms with van der Waals surface area (Å²) in [6, 6.07) is 9.27. The third-order valence-electron chi connectivity index (χ3n) is 7.96. The van der Waals surface area contributed by atoms with Gasteiger partial charge in [0.1, 0.15) is 12.4 Å². The Morgan fingerprint density at radius 1 is 1.08 bits per heavy atom. The minimum atomic E-state index is -2.61. The molecule has 1 aliphatic rings. The van der Waals surface area contributed by atoms with E-state index in [1.54, 1.807) is 16.9 Å². The maximum atomic E-state index is 13.1. The third-order valence-corrected chi connectivity index (χ3v) is 12.4. The molecule has 0 atom stereocenters. The third kappa shape index (κ3) is 5.66. The zero-order valence-corrected chi connectivity index (χ0v) is 24.8. The Morgan fingerprint density at radius 2 is 1.74 bits per heavy atom. The number of aromatic nitrogens is 3. The van der Waals surface area contributed by atoms with E-state index in [0.717, 1.165) is 5.69 Å². The Morgan fingerprint density at radius 3 is 2.34 bits per heavy atom. The quantitative estimate of drug-likeness (QED) is 0.329. The number of pyridine rings is 1. The van der Waals surface area contributed by atoms with Crippen LogP contribution in [0.15, 0.2) is 36.5 Å². The number of fused-ring (bicyclic) bond motifs is 1. The summed E-state index contributed by atoms with van der Waals surface area (Å²) in [6.45, 7) is 18.5. The molecule has 1 aliphatic heterocycles. The van der Waals surface area contributed by atoms with Gasteiger partial charge in [0, 0.05) is 0 Å². The Kier molecular flexibility index (Phi) is 7.55. The number of nitrogens with zero attached hydrogens (tertiary/aromatic N) is 3. The molecule has 7 nitrogen and oxygen atoms in total. The highest BCUT2D eigenvalue weighted by Crippen LogP contribution is 2.38. The van der Waals surface area contributed by atoms with Crippen LogP contribution < -0.4 is 10.2 Å². The summed E-state index contributed by atoms with van der Waals surface area (Å²) in [5, 5.41) is 5.22. The molecule has 0 saturated carbocycles. The first-order valence-electron chi connectivity index (χ1n) is 12.9. The second-order valence-electron chi connectivity index (χ2n) is 12.3. The van der Waals surface area contributed by atoms with Crippen molar-refractivity contribution in [2.75, 3.05) is 6.61 Å². The van der Waals surface area contributed by atoms with E-state index in [2.05, 4.69) is 39.0 Å². The van der Waals surface area contributed by atoms with Crippen molar-refractivity contribution in [1.29, 1.82) is 0 Å². The fraction of sp³-hybridized carbons (Fsp3) is 0.556. The van der Waals surface area contributed by atoms with Crippen molar-refractivity contribution in [3.63, 3.8) is 0 Å². The topological polar surface area (TPSA) is 67.6 Å². The van der Waals surface area contributed by atoms with Gasteiger partial charge in [-0.3, -0.25) is 0 Å². The lowest BCUT2D eigenvalue weighted by Crippen LogP contribution is -2.41. The van der Waals surface area contributed by atoms with Crippen LogP contribution in [0.1, 0.15) is 54.2 Å². The van der Waals surface area contributed by atoms with Crippen LogP contribution in [0, 0.1) is 0 Å². The number of alkyl halides is 2. The molecule has 0 radical (unpaired) electrons. The van der Waals surface area contributed by atoms with E-state index < -0.39 is 39.7 Å². The summed E-state index contributed by atoms with van der Waals surface area (Å²) in [5.74, 6) is 0.874. The molecule has 0 amide bonds. The van der Waals surface area contributed by atoms with E-state index in [1.807, 2.05) is 52.0 Å². The SMILES string of the molecule is CC1(C)OB(c2cc(OCC(F)F)c3cnn(-c4cccc(CO[Si](C)(C)C(C)(C)C)n4)c3c2)OC1(C)C. The van der Waals surface area contributed by atoms with Crippen LogP contribution in [0.3, 0.4) is 0 Å². The highest BCUT2D eigenvalue weighted by atomic mass is 28.4. The molecule has 0 unspecified atom stereocenters. The summed E-state index contributed by atoms with van der Waals surface area (Å²) in [4.78, 5) is 4.80. The zero-order chi connectivity index (χ0) is 28.1. The van der Waals surface area contributed by atoms with Gasteiger partial charge in [0.15, 0.2) is 14.1 Å². The van der Waals surface area contributed by atoms with Crippen molar-refractivity contribution >= 4 is 31.8 Å². The van der Waals surface area contributed by atoms with Gasteiger partial charge in [0.25, 0.3) is 6.43 Å². The molecule has 1 aromatic carbocycles. The van der Waals surface area contributed by atoms with E-state index in [4.69, 9.17) is 23.5 Å². The van der Waals surface area contributed by atoms with Crippen molar-refractivity contribution in [2.24, 2.45) is 0 Å². The molecule has 3 aromatic rings. The van der Waals surface area contributed by atoms with Gasteiger partial charge in [0.2, 0.25) is 0 Å². The highest BCUT2D eigenvalue weighted by Gasteiger charge is 2.52. The predicted molar refractivity (Wildman–Crippen MR) is 148 cm³/mol. The van der Waals surface area contributed by atoms with Crippen molar-refractivity contribution in [1.82, 2.24) is 14.8 Å². The summed E-state index contributed by atoms with van der Waals surface area (Å²) in [6.07, 6.45) is -1.01. The number of halogens is 2. The van der Waals surface area contributed by atoms with Gasteiger partial charge in [-0.15, -0.1) is 0 Å². The van der Waals surface area contributed by atoms with Gasteiger partial charge in [0.05, 0.1) is 40.6 Å². The van der Waals surface area contributed by atoms with Gasteiger partial charge in [-0.25, -0.2) is 18.4 Å². The van der Waals surface area contributed by atoms with Crippen LogP contribution >= 0.6 is 0 Å². The summed E-state index contributed by atoms with van der Waals surface area (Å²) in [5.41, 5.74) is 0.969. The van der Waals surface area contributed by atoms with E-state index in [9.17, 15) is 8.78 Å². The standard InChI is InChI=1S/C27H38BF2N3O4Si/c1-25(2,3)38(8,9)35-16-19-11-10-12-24(32-19)33-21-13-18(28-36-26(4,5)27(6,7)37-28)14-22(20(21)15-31-33)34-17-23(29)30/h10-15,23H,16-17H2,1-9H3. The molecule has 1 fully saturated rings. The van der Waals surface area contributed by atoms with Gasteiger partial charge in [-0.1, -0.05) is 26.8 Å². The summed E-state index contributed by atoms with van der Waals surface area (Å²) >= 11 is 0. The first-order valence-corrected chi connectivity index (χ1v) is 15.8. The second-order valence-corrected chi connectivity index (χ2v) is 17.1. The lowest BCUT2D eigenvalue weighted by Gasteiger charge is -2.36. The largest absolute Gasteiger partial charge is 0.495 e. The fourth-order valence-corrected chi connectivity index (χ4v) is 4.76. The minimum Gasteiger partial charge on any atom is -0.487 e. The zero-order valence-electron chi connectivity index (χ0n) is 23.8. The molecule has 0 N–H and O–H groups in total. The Labute approximate surface area is 225 Å². The first-order chi connectivity index (χ1) is 17.5. The van der Waals surface area contributed by atoms with Crippen molar-refractivity contribution < 1.29 is 27.3 Å². The lowest BCUT2D eigenvalue weighted by atomic mass is 9.78. The van der Waals surface area contributed by atoms with E-state index in [0.29, 0.717) is 28.8 Å². The lowest BCUT2D eigenvalue weighted by molar-refractivity contribution is 0.00578. The summed E-state index contributed by atoms with van der Waals surface area (Å²) < 4.78 is 52.1. The smallest absolute Gasteiger partial charge is 0.487 e. The Hall–Kier alpha value is -2.34. The molecule has 2 aromatic heterocycles. The molecule has 0 aliphatic carbocycles. The van der Waals surface area contributed by atoms with Gasteiger partial charge >= 0.3 is 7.12 Å². The maximum absolute atomic E-state index is 13.1. The van der Waals surface area contributed by atoms with Gasteiger partial charge in [-0.05, 0) is 75.6 Å². The number of benzene rings is 1. The molecular weight excluding hydrogens is 507 g/mol. The fourth-order valence-electron chi connectivity index (χ4n) is 3.82. The van der Waals surface area contributed by atoms with Crippen molar-refractivity contribution in [3.8, 4) is 11.6 Å². The second kappa shape index (κ2) is 10.0. The van der Waals surface area contributed by atoms with Crippen molar-refractivity contribution in [2.45, 2.75) is 90.8 Å². The highest BCUT2D eigenvalue weighted by molar-refractivity contribution is 6.74. The van der Waals surface area contributed by atoms with Crippen LogP contribution in [0.4, 0.5) is 8.78 Å². The molecule has 4 rings (SSSR count). The normalized spacial score (nSPS) is 17.5. The molecule has 11 heteroatoms. The average molecular weight is 546 g/mol. The van der Waals surface area contributed by atoms with Crippen LogP contribution in [0.25, 0.3) is 16.7 Å². The van der Waals surface area contributed by atoms with Crippen molar-refractivity contribution in [3.05, 3.63) is 42.2 Å². The summed E-state index contributed by atoms with van der Waals surface area (Å²) in [7, 11) is -2.65. The van der Waals surface area contributed by atoms with Gasteiger partial charge < -0.3 is 18.5 Å². The monoisotopic (exact) mass is 545 g/mol. The van der Waals surface area contributed by atoms with Crippen LogP contribution in [0.5, 0.6) is 5.75 Å². The predicted octanol–water partition coefficient (Wildman–Crippen LogP) is 5.89. The molecule has 3 heterocycles. The molecular formula is C27H38BF2N3O4Si. The molecule has 206 valence electrons. The number of hydrogen-bond acceptors (Lipinski definition) is 6. The number of hydrogen-bond donors (Lipinski definition) is 0. The molecule has 38 heavy (non-hydrogen) atoms. The molecule has 0 bridgehead atoms. The number of ether oxygens (including phenoxy) is 1. The first kappa shape index (κ1) is 28.7. The average Bonchev–Trinajstić information content (AvgIpc) is 3.33. The number of rotatable bonds is 8. The maximum Gasteiger partial charge on any atom is 0.495 e. The van der Waals surface area contributed by atoms with Crippen LogP contribution in [-0.4, -0.2) is 54.4 Å². The minimum absolute atomic E-state index is 0.0847. The van der Waals surface area contributed by atoms with E-state index in [-0.39, 0.29) is 10.8 Å². The van der Waals surface area contributed by atoms with Gasteiger partial charge in [-0.2, -0.15) is 5.10 Å².